The van der Waals surface area contributed by atoms with Crippen molar-refractivity contribution in [3.05, 3.63) is 163 Å². The van der Waals surface area contributed by atoms with Crippen LogP contribution in [-0.4, -0.2) is 0 Å². The molecule has 0 aromatic heterocycles. The molecule has 0 spiro atoms. The molecule has 0 saturated heterocycles. The summed E-state index contributed by atoms with van der Waals surface area (Å²) in [7, 11) is 0. The second-order valence-electron chi connectivity index (χ2n) is 11.8. The molecule has 0 radical (unpaired) electrons. The van der Waals surface area contributed by atoms with Crippen LogP contribution in [-0.2, 0) is 5.41 Å². The summed E-state index contributed by atoms with van der Waals surface area (Å²) in [6.45, 7) is 4.71. The van der Waals surface area contributed by atoms with Gasteiger partial charge in [-0.25, -0.2) is 0 Å². The van der Waals surface area contributed by atoms with Crippen molar-refractivity contribution >= 4 is 38.6 Å². The Kier molecular flexibility index (Phi) is 5.55. The van der Waals surface area contributed by atoms with Gasteiger partial charge in [-0.05, 0) is 68.2 Å². The average Bonchev–Trinajstić information content (AvgIpc) is 3.29. The minimum absolute atomic E-state index is 0.0732. The van der Waals surface area contributed by atoms with Crippen molar-refractivity contribution in [3.8, 4) is 22.3 Å². The highest BCUT2D eigenvalue weighted by atomic mass is 15.1. The highest BCUT2D eigenvalue weighted by molar-refractivity contribution is 6.15. The number of benzene rings is 7. The van der Waals surface area contributed by atoms with E-state index >= 15 is 0 Å². The Hall–Kier alpha value is -5.14. The van der Waals surface area contributed by atoms with Gasteiger partial charge < -0.3 is 4.90 Å². The van der Waals surface area contributed by atoms with Crippen LogP contribution in [0.15, 0.2) is 152 Å². The van der Waals surface area contributed by atoms with Gasteiger partial charge in [0.2, 0.25) is 0 Å². The van der Waals surface area contributed by atoms with E-state index in [1.807, 2.05) is 0 Å². The van der Waals surface area contributed by atoms with Crippen LogP contribution in [0.1, 0.15) is 25.0 Å². The third-order valence-electron chi connectivity index (χ3n) is 9.05. The summed E-state index contributed by atoms with van der Waals surface area (Å²) in [5, 5.41) is 5.03. The number of fused-ring (bicyclic) bond motifs is 6. The molecule has 7 aromatic carbocycles. The van der Waals surface area contributed by atoms with Crippen molar-refractivity contribution in [2.45, 2.75) is 19.3 Å². The Bertz CT molecular complexity index is 2100. The molecule has 0 aliphatic heterocycles. The van der Waals surface area contributed by atoms with Gasteiger partial charge in [0.05, 0.1) is 11.4 Å². The van der Waals surface area contributed by atoms with Crippen LogP contribution in [0.3, 0.4) is 0 Å². The van der Waals surface area contributed by atoms with Crippen molar-refractivity contribution in [1.29, 1.82) is 0 Å². The molecule has 1 nitrogen and oxygen atoms in total. The molecule has 0 atom stereocenters. The number of rotatable bonds is 4. The lowest BCUT2D eigenvalue weighted by molar-refractivity contribution is 0.660. The maximum absolute atomic E-state index is 2.49. The van der Waals surface area contributed by atoms with Gasteiger partial charge in [-0.1, -0.05) is 141 Å². The molecular weight excluding hydrogens is 506 g/mol. The van der Waals surface area contributed by atoms with Crippen molar-refractivity contribution < 1.29 is 0 Å². The van der Waals surface area contributed by atoms with E-state index in [2.05, 4.69) is 170 Å². The van der Waals surface area contributed by atoms with Crippen molar-refractivity contribution in [3.63, 3.8) is 0 Å². The summed E-state index contributed by atoms with van der Waals surface area (Å²) in [4.78, 5) is 2.49. The normalized spacial score (nSPS) is 13.2. The first kappa shape index (κ1) is 24.6. The Morgan fingerprint density at radius 1 is 0.452 bits per heavy atom. The van der Waals surface area contributed by atoms with E-state index in [-0.39, 0.29) is 5.41 Å². The molecule has 42 heavy (non-hydrogen) atoms. The van der Waals surface area contributed by atoms with Gasteiger partial charge in [-0.3, -0.25) is 0 Å². The predicted octanol–water partition coefficient (Wildman–Crippen LogP) is 11.4. The molecule has 1 aliphatic carbocycles. The van der Waals surface area contributed by atoms with Crippen molar-refractivity contribution in [2.75, 3.05) is 4.90 Å². The summed E-state index contributed by atoms with van der Waals surface area (Å²) in [6.07, 6.45) is 0. The zero-order valence-corrected chi connectivity index (χ0v) is 23.9. The molecule has 0 unspecified atom stereocenters. The van der Waals surface area contributed by atoms with Gasteiger partial charge in [0.25, 0.3) is 0 Å². The van der Waals surface area contributed by atoms with Gasteiger partial charge in [-0.2, -0.15) is 0 Å². The third-order valence-corrected chi connectivity index (χ3v) is 9.05. The number of hydrogen-bond acceptors (Lipinski definition) is 1. The smallest absolute Gasteiger partial charge is 0.0546 e. The van der Waals surface area contributed by atoms with Gasteiger partial charge in [0.15, 0.2) is 0 Å². The van der Waals surface area contributed by atoms with Crippen LogP contribution >= 0.6 is 0 Å². The fourth-order valence-electron chi connectivity index (χ4n) is 6.99. The minimum Gasteiger partial charge on any atom is -0.309 e. The molecule has 1 aliphatic rings. The zero-order chi connectivity index (χ0) is 28.3. The first-order valence-electron chi connectivity index (χ1n) is 14.7. The Balaban J connectivity index is 1.44. The topological polar surface area (TPSA) is 3.24 Å². The number of hydrogen-bond donors (Lipinski definition) is 0. The zero-order valence-electron chi connectivity index (χ0n) is 23.9. The van der Waals surface area contributed by atoms with Crippen LogP contribution in [0, 0.1) is 0 Å². The largest absolute Gasteiger partial charge is 0.309 e. The minimum atomic E-state index is -0.0732. The monoisotopic (exact) mass is 537 g/mol. The van der Waals surface area contributed by atoms with E-state index in [1.165, 1.54) is 66.3 Å². The quantitative estimate of drug-likeness (QED) is 0.202. The van der Waals surface area contributed by atoms with Gasteiger partial charge in [0, 0.05) is 22.1 Å². The van der Waals surface area contributed by atoms with E-state index in [0.29, 0.717) is 0 Å². The SMILES string of the molecule is CC1(C)c2ccccc2-c2c(N(c3ccc(-c4ccccc4)cc3)c3cccc4ccc5ccccc5c34)cccc21. The molecule has 8 rings (SSSR count). The van der Waals surface area contributed by atoms with Crippen molar-refractivity contribution in [1.82, 2.24) is 0 Å². The molecule has 0 amide bonds. The summed E-state index contributed by atoms with van der Waals surface area (Å²) >= 11 is 0. The average molecular weight is 538 g/mol. The first-order chi connectivity index (χ1) is 20.6. The van der Waals surface area contributed by atoms with E-state index in [4.69, 9.17) is 0 Å². The molecule has 0 bridgehead atoms. The molecular formula is C41H31N. The molecule has 0 saturated carbocycles. The molecule has 1 heteroatoms. The standard InChI is InChI=1S/C41H31N/c1-41(2)35-18-9-8-17-34(35)40-36(41)19-11-21-38(40)42(32-26-24-29(25-27-32)28-12-4-3-5-13-28)37-20-10-15-31-23-22-30-14-6-7-16-33(30)39(31)37/h3-27H,1-2H3. The lowest BCUT2D eigenvalue weighted by Gasteiger charge is -2.30. The highest BCUT2D eigenvalue weighted by Gasteiger charge is 2.37. The molecule has 0 heterocycles. The molecule has 0 fully saturated rings. The summed E-state index contributed by atoms with van der Waals surface area (Å²) < 4.78 is 0. The first-order valence-corrected chi connectivity index (χ1v) is 14.7. The maximum atomic E-state index is 2.49. The molecule has 0 N–H and O–H groups in total. The maximum Gasteiger partial charge on any atom is 0.0546 e. The van der Waals surface area contributed by atoms with Gasteiger partial charge in [0.1, 0.15) is 0 Å². The van der Waals surface area contributed by atoms with E-state index in [1.54, 1.807) is 0 Å². The lowest BCUT2D eigenvalue weighted by atomic mass is 9.82. The summed E-state index contributed by atoms with van der Waals surface area (Å²) in [6, 6.07) is 55.4. The summed E-state index contributed by atoms with van der Waals surface area (Å²) in [5.41, 5.74) is 11.3. The van der Waals surface area contributed by atoms with Crippen molar-refractivity contribution in [2.24, 2.45) is 0 Å². The number of nitrogens with zero attached hydrogens (tertiary/aromatic N) is 1. The summed E-state index contributed by atoms with van der Waals surface area (Å²) in [5.74, 6) is 0. The Morgan fingerprint density at radius 2 is 1.07 bits per heavy atom. The molecule has 7 aromatic rings. The van der Waals surface area contributed by atoms with Crippen LogP contribution in [0.25, 0.3) is 43.8 Å². The van der Waals surface area contributed by atoms with E-state index in [9.17, 15) is 0 Å². The van der Waals surface area contributed by atoms with Crippen LogP contribution < -0.4 is 4.90 Å². The van der Waals surface area contributed by atoms with Crippen LogP contribution in [0.4, 0.5) is 17.1 Å². The highest BCUT2D eigenvalue weighted by Crippen LogP contribution is 2.54. The molecule has 200 valence electrons. The van der Waals surface area contributed by atoms with E-state index in [0.717, 1.165) is 5.69 Å². The van der Waals surface area contributed by atoms with Gasteiger partial charge in [-0.15, -0.1) is 0 Å². The fourth-order valence-corrected chi connectivity index (χ4v) is 6.99. The Morgan fingerprint density at radius 3 is 1.93 bits per heavy atom. The number of anilines is 3. The van der Waals surface area contributed by atoms with Crippen LogP contribution in [0.5, 0.6) is 0 Å². The fraction of sp³-hybridized carbons (Fsp3) is 0.0732. The van der Waals surface area contributed by atoms with E-state index < -0.39 is 0 Å². The van der Waals surface area contributed by atoms with Crippen LogP contribution in [0.2, 0.25) is 0 Å². The predicted molar refractivity (Wildman–Crippen MR) is 179 cm³/mol. The second kappa shape index (κ2) is 9.46. The lowest BCUT2D eigenvalue weighted by Crippen LogP contribution is -2.16. The van der Waals surface area contributed by atoms with Gasteiger partial charge >= 0.3 is 0 Å². The Labute approximate surface area is 247 Å². The third kappa shape index (κ3) is 3.71. The second-order valence-corrected chi connectivity index (χ2v) is 11.8.